The van der Waals surface area contributed by atoms with Gasteiger partial charge in [0, 0.05) is 30.4 Å². The third-order valence-corrected chi connectivity index (χ3v) is 5.48. The van der Waals surface area contributed by atoms with Gasteiger partial charge in [0.15, 0.2) is 5.67 Å². The van der Waals surface area contributed by atoms with Crippen LogP contribution in [0.3, 0.4) is 0 Å². The van der Waals surface area contributed by atoms with Crippen LogP contribution in [0.5, 0.6) is 0 Å². The Hall–Kier alpha value is -0.950. The molecular formula is C18H26FIN3O2P. The first kappa shape index (κ1) is 21.4. The van der Waals surface area contributed by atoms with Gasteiger partial charge in [0.1, 0.15) is 5.60 Å². The largest absolute Gasteiger partial charge is 0.444 e. The fraction of sp³-hybridized carbons (Fsp3) is 0.556. The van der Waals surface area contributed by atoms with Crippen molar-refractivity contribution >= 4 is 46.4 Å². The Morgan fingerprint density at radius 1 is 1.50 bits per heavy atom. The molecule has 0 spiro atoms. The summed E-state index contributed by atoms with van der Waals surface area (Å²) in [5, 5.41) is 10.8. The molecule has 1 fully saturated rings. The van der Waals surface area contributed by atoms with Gasteiger partial charge < -0.3 is 20.1 Å². The smallest absolute Gasteiger partial charge is 0.410 e. The van der Waals surface area contributed by atoms with Crippen LogP contribution in [0.2, 0.25) is 0 Å². The van der Waals surface area contributed by atoms with E-state index in [-0.39, 0.29) is 6.54 Å². The van der Waals surface area contributed by atoms with Crippen LogP contribution in [-0.4, -0.2) is 35.9 Å². The van der Waals surface area contributed by atoms with Crippen LogP contribution >= 0.6 is 28.4 Å². The molecule has 0 saturated carbocycles. The van der Waals surface area contributed by atoms with Gasteiger partial charge in [-0.2, -0.15) is 0 Å². The standard InChI is InChI=1S/C18H26FIN3O2P/c1-12-8-13(10-21)15(22-26-20)9-14(12)18(19)6-5-7-23(11-18)16(24)25-17(2,3)4/h8-10,21-22,26H,5-7,11H2,1-4H3. The highest BCUT2D eigenvalue weighted by Crippen LogP contribution is 2.40. The van der Waals surface area contributed by atoms with E-state index in [0.717, 1.165) is 16.8 Å². The third-order valence-electron chi connectivity index (χ3n) is 4.31. The molecule has 0 aromatic heterocycles. The maximum Gasteiger partial charge on any atom is 0.410 e. The number of benzene rings is 1. The average molecular weight is 493 g/mol. The first-order valence-electron chi connectivity index (χ1n) is 8.54. The van der Waals surface area contributed by atoms with Crippen molar-refractivity contribution in [1.29, 1.82) is 5.41 Å². The van der Waals surface area contributed by atoms with E-state index in [2.05, 4.69) is 27.1 Å². The Labute approximate surface area is 169 Å². The second kappa shape index (κ2) is 8.38. The molecule has 5 nitrogen and oxygen atoms in total. The number of alkyl halides is 1. The van der Waals surface area contributed by atoms with E-state index < -0.39 is 17.4 Å². The number of aryl methyl sites for hydroxylation is 1. The van der Waals surface area contributed by atoms with E-state index in [4.69, 9.17) is 10.1 Å². The first-order valence-corrected chi connectivity index (χ1v) is 12.6. The number of rotatable bonds is 4. The van der Waals surface area contributed by atoms with Crippen LogP contribution < -0.4 is 5.09 Å². The number of anilines is 1. The summed E-state index contributed by atoms with van der Waals surface area (Å²) in [5.41, 5.74) is 0.629. The molecule has 1 amide bonds. The number of likely N-dealkylation sites (tertiary alicyclic amines) is 1. The van der Waals surface area contributed by atoms with Gasteiger partial charge >= 0.3 is 6.09 Å². The summed E-state index contributed by atoms with van der Waals surface area (Å²) in [5.74, 6) is 0. The van der Waals surface area contributed by atoms with Crippen LogP contribution in [0, 0.1) is 12.3 Å². The van der Waals surface area contributed by atoms with Crippen molar-refractivity contribution in [3.8, 4) is 0 Å². The quantitative estimate of drug-likeness (QED) is 0.329. The van der Waals surface area contributed by atoms with E-state index >= 15 is 4.39 Å². The minimum atomic E-state index is -1.62. The Kier molecular flexibility index (Phi) is 6.88. The predicted octanol–water partition coefficient (Wildman–Crippen LogP) is 5.54. The minimum absolute atomic E-state index is 0.0152. The van der Waals surface area contributed by atoms with E-state index in [1.54, 1.807) is 26.8 Å². The molecule has 2 unspecified atom stereocenters. The summed E-state index contributed by atoms with van der Waals surface area (Å²) in [6.45, 7) is 7.75. The Morgan fingerprint density at radius 2 is 2.19 bits per heavy atom. The highest BCUT2D eigenvalue weighted by molar-refractivity contribution is 14.2. The van der Waals surface area contributed by atoms with Gasteiger partial charge in [-0.3, -0.25) is 0 Å². The predicted molar refractivity (Wildman–Crippen MR) is 115 cm³/mol. The highest BCUT2D eigenvalue weighted by atomic mass is 127. The van der Waals surface area contributed by atoms with Crippen molar-refractivity contribution in [2.24, 2.45) is 0 Å². The molecule has 26 heavy (non-hydrogen) atoms. The summed E-state index contributed by atoms with van der Waals surface area (Å²) < 4.78 is 21.3. The van der Waals surface area contributed by atoms with Crippen molar-refractivity contribution in [2.45, 2.75) is 51.8 Å². The molecule has 0 aliphatic carbocycles. The fourth-order valence-electron chi connectivity index (χ4n) is 3.20. The third kappa shape index (κ3) is 5.06. The number of ether oxygens (including phenoxy) is 1. The van der Waals surface area contributed by atoms with Crippen LogP contribution in [-0.2, 0) is 10.4 Å². The van der Waals surface area contributed by atoms with Crippen molar-refractivity contribution < 1.29 is 13.9 Å². The van der Waals surface area contributed by atoms with E-state index in [9.17, 15) is 4.79 Å². The van der Waals surface area contributed by atoms with Crippen LogP contribution in [0.1, 0.15) is 50.3 Å². The van der Waals surface area contributed by atoms with Gasteiger partial charge in [0.05, 0.1) is 6.54 Å². The van der Waals surface area contributed by atoms with Gasteiger partial charge in [-0.15, -0.1) is 0 Å². The zero-order valence-electron chi connectivity index (χ0n) is 15.6. The lowest BCUT2D eigenvalue weighted by Gasteiger charge is -2.39. The number of hydrogen-bond donors (Lipinski definition) is 2. The molecule has 1 saturated heterocycles. The summed E-state index contributed by atoms with van der Waals surface area (Å²) in [6.07, 6.45) is 2.17. The summed E-state index contributed by atoms with van der Waals surface area (Å²) >= 11 is 2.20. The van der Waals surface area contributed by atoms with Gasteiger partial charge in [0.25, 0.3) is 0 Å². The van der Waals surface area contributed by atoms with Crippen LogP contribution in [0.4, 0.5) is 14.9 Å². The minimum Gasteiger partial charge on any atom is -0.444 e. The molecule has 1 aliphatic rings. The summed E-state index contributed by atoms with van der Waals surface area (Å²) in [6, 6.07) is 3.62. The molecular weight excluding hydrogens is 467 g/mol. The number of piperidine rings is 1. The average Bonchev–Trinajstić information content (AvgIpc) is 2.54. The maximum absolute atomic E-state index is 15.9. The lowest BCUT2D eigenvalue weighted by Crippen LogP contribution is -2.48. The monoisotopic (exact) mass is 493 g/mol. The van der Waals surface area contributed by atoms with Crippen molar-refractivity contribution in [1.82, 2.24) is 4.90 Å². The molecule has 144 valence electrons. The first-order chi connectivity index (χ1) is 12.1. The number of nitrogens with one attached hydrogen (secondary N) is 2. The number of halogens is 2. The van der Waals surface area contributed by atoms with Crippen molar-refractivity contribution in [2.75, 3.05) is 18.2 Å². The fourth-order valence-corrected chi connectivity index (χ4v) is 4.39. The molecule has 2 atom stereocenters. The lowest BCUT2D eigenvalue weighted by molar-refractivity contribution is -0.00680. The second-order valence-corrected chi connectivity index (χ2v) is 9.65. The Morgan fingerprint density at radius 3 is 2.77 bits per heavy atom. The highest BCUT2D eigenvalue weighted by Gasteiger charge is 2.41. The van der Waals surface area contributed by atoms with Crippen LogP contribution in [0.25, 0.3) is 0 Å². The normalized spacial score (nSPS) is 21.1. The van der Waals surface area contributed by atoms with Gasteiger partial charge in [0.2, 0.25) is 0 Å². The van der Waals surface area contributed by atoms with E-state index in [1.807, 2.05) is 13.0 Å². The molecule has 1 aromatic rings. The maximum atomic E-state index is 15.9. The molecule has 1 aromatic carbocycles. The lowest BCUT2D eigenvalue weighted by atomic mass is 9.84. The zero-order chi connectivity index (χ0) is 19.5. The SMILES string of the molecule is Cc1cc(C=N)c(NPI)cc1C1(F)CCCN(C(=O)OC(C)(C)C)C1. The van der Waals surface area contributed by atoms with Crippen molar-refractivity contribution in [3.05, 3.63) is 28.8 Å². The Balaban J connectivity index is 2.32. The van der Waals surface area contributed by atoms with Gasteiger partial charge in [-0.05, 0) is 85.8 Å². The summed E-state index contributed by atoms with van der Waals surface area (Å²) in [4.78, 5) is 13.8. The van der Waals surface area contributed by atoms with Crippen LogP contribution in [0.15, 0.2) is 12.1 Å². The number of carbonyl (C=O) groups excluding carboxylic acids is 1. The van der Waals surface area contributed by atoms with Gasteiger partial charge in [-0.1, -0.05) is 0 Å². The second-order valence-electron chi connectivity index (χ2n) is 7.59. The van der Waals surface area contributed by atoms with Crippen molar-refractivity contribution in [3.63, 3.8) is 0 Å². The zero-order valence-corrected chi connectivity index (χ0v) is 18.7. The topological polar surface area (TPSA) is 65.4 Å². The molecule has 1 aliphatic heterocycles. The molecule has 0 radical (unpaired) electrons. The molecule has 2 rings (SSSR count). The number of amides is 1. The number of hydrogen-bond acceptors (Lipinski definition) is 4. The number of nitrogens with zero attached hydrogens (tertiary/aromatic N) is 1. The molecule has 8 heteroatoms. The molecule has 1 heterocycles. The Bertz CT molecular complexity index is 696. The van der Waals surface area contributed by atoms with E-state index in [0.29, 0.717) is 31.3 Å². The molecule has 0 bridgehead atoms. The van der Waals surface area contributed by atoms with Gasteiger partial charge in [-0.25, -0.2) is 9.18 Å². The molecule has 2 N–H and O–H groups in total. The van der Waals surface area contributed by atoms with E-state index in [1.165, 1.54) is 11.1 Å². The number of carbonyl (C=O) groups is 1. The summed E-state index contributed by atoms with van der Waals surface area (Å²) in [7, 11) is 0.